The summed E-state index contributed by atoms with van der Waals surface area (Å²) in [5.74, 6) is 3.23. The molecule has 2 aromatic rings. The summed E-state index contributed by atoms with van der Waals surface area (Å²) in [5, 5.41) is 4.05. The molecule has 1 aliphatic heterocycles. The number of rotatable bonds is 4. The Morgan fingerprint density at radius 1 is 1.38 bits per heavy atom. The fraction of sp³-hybridized carbons (Fsp3) is 0.467. The van der Waals surface area contributed by atoms with Crippen LogP contribution in [0.15, 0.2) is 33.7 Å². The van der Waals surface area contributed by atoms with Crippen LogP contribution in [0.2, 0.25) is 0 Å². The van der Waals surface area contributed by atoms with Gasteiger partial charge in [0, 0.05) is 23.1 Å². The van der Waals surface area contributed by atoms with Crippen molar-refractivity contribution in [1.29, 1.82) is 0 Å². The summed E-state index contributed by atoms with van der Waals surface area (Å²) in [6, 6.07) is 8.02. The molecule has 112 valence electrons. The Balaban J connectivity index is 1.70. The second-order valence-electron chi connectivity index (χ2n) is 5.52. The summed E-state index contributed by atoms with van der Waals surface area (Å²) in [4.78, 5) is 5.59. The molecule has 1 aromatic heterocycles. The molecular formula is C15H19N3O2S. The predicted octanol–water partition coefficient (Wildman–Crippen LogP) is 2.82. The van der Waals surface area contributed by atoms with Crippen molar-refractivity contribution in [1.82, 2.24) is 10.1 Å². The normalized spacial score (nSPS) is 19.1. The zero-order valence-electron chi connectivity index (χ0n) is 12.2. The van der Waals surface area contributed by atoms with E-state index in [2.05, 4.69) is 30.1 Å². The number of aromatic nitrogens is 2. The molecule has 2 atom stereocenters. The van der Waals surface area contributed by atoms with Gasteiger partial charge in [-0.05, 0) is 18.1 Å². The van der Waals surface area contributed by atoms with E-state index in [4.69, 9.17) is 15.0 Å². The van der Waals surface area contributed by atoms with Crippen LogP contribution >= 0.6 is 11.8 Å². The zero-order chi connectivity index (χ0) is 14.8. The number of thioether (sulfide) groups is 1. The maximum atomic E-state index is 6.04. The lowest BCUT2D eigenvalue weighted by Gasteiger charge is -2.22. The Kier molecular flexibility index (Phi) is 4.17. The minimum Gasteiger partial charge on any atom is -0.480 e. The number of ether oxygens (including phenoxy) is 1. The molecule has 0 aliphatic carbocycles. The van der Waals surface area contributed by atoms with Gasteiger partial charge >= 0.3 is 0 Å². The van der Waals surface area contributed by atoms with Gasteiger partial charge in [0.15, 0.2) is 6.10 Å². The van der Waals surface area contributed by atoms with Crippen LogP contribution in [0.5, 0.6) is 5.75 Å². The number of benzene rings is 1. The van der Waals surface area contributed by atoms with E-state index in [1.54, 1.807) is 11.8 Å². The maximum absolute atomic E-state index is 6.04. The van der Waals surface area contributed by atoms with Crippen LogP contribution in [0.1, 0.15) is 31.7 Å². The summed E-state index contributed by atoms with van der Waals surface area (Å²) in [5.41, 5.74) is 6.04. The smallest absolute Gasteiger partial charge is 0.228 e. The highest BCUT2D eigenvalue weighted by Crippen LogP contribution is 2.39. The van der Waals surface area contributed by atoms with Gasteiger partial charge in [-0.2, -0.15) is 4.98 Å². The van der Waals surface area contributed by atoms with E-state index >= 15 is 0 Å². The Bertz CT molecular complexity index is 614. The minimum absolute atomic E-state index is 0.0284. The second kappa shape index (κ2) is 6.07. The first-order chi connectivity index (χ1) is 10.1. The van der Waals surface area contributed by atoms with Gasteiger partial charge in [-0.25, -0.2) is 0 Å². The monoisotopic (exact) mass is 305 g/mol. The summed E-state index contributed by atoms with van der Waals surface area (Å²) in [6.45, 7) is 4.17. The Hall–Kier alpha value is -1.53. The first-order valence-corrected chi connectivity index (χ1v) is 8.08. The van der Waals surface area contributed by atoms with Gasteiger partial charge in [-0.15, -0.1) is 11.8 Å². The van der Waals surface area contributed by atoms with Crippen LogP contribution in [0.4, 0.5) is 0 Å². The van der Waals surface area contributed by atoms with E-state index in [9.17, 15) is 0 Å². The molecule has 2 unspecified atom stereocenters. The van der Waals surface area contributed by atoms with Crippen LogP contribution in [0.3, 0.4) is 0 Å². The van der Waals surface area contributed by atoms with Crippen molar-refractivity contribution in [3.8, 4) is 5.75 Å². The van der Waals surface area contributed by atoms with Crippen LogP contribution in [0.25, 0.3) is 0 Å². The van der Waals surface area contributed by atoms with Crippen molar-refractivity contribution >= 4 is 11.8 Å². The third-order valence-electron chi connectivity index (χ3n) is 3.55. The van der Waals surface area contributed by atoms with Crippen LogP contribution in [-0.4, -0.2) is 21.9 Å². The number of para-hydroxylation sites is 1. The number of hydrogen-bond donors (Lipinski definition) is 1. The number of nitrogens with two attached hydrogens (primary N) is 1. The van der Waals surface area contributed by atoms with Gasteiger partial charge in [0.1, 0.15) is 5.75 Å². The van der Waals surface area contributed by atoms with Crippen molar-refractivity contribution in [2.45, 2.75) is 37.3 Å². The van der Waals surface area contributed by atoms with Crippen LogP contribution in [-0.2, 0) is 6.42 Å². The van der Waals surface area contributed by atoms with Gasteiger partial charge < -0.3 is 15.0 Å². The quantitative estimate of drug-likeness (QED) is 0.936. The molecule has 21 heavy (non-hydrogen) atoms. The molecule has 1 aliphatic rings. The van der Waals surface area contributed by atoms with E-state index < -0.39 is 0 Å². The number of fused-ring (bicyclic) bond motifs is 1. The minimum atomic E-state index is -0.169. The Morgan fingerprint density at radius 3 is 3.00 bits per heavy atom. The second-order valence-corrected chi connectivity index (χ2v) is 6.58. The van der Waals surface area contributed by atoms with Gasteiger partial charge in [0.25, 0.3) is 0 Å². The average molecular weight is 305 g/mol. The van der Waals surface area contributed by atoms with E-state index in [-0.39, 0.29) is 12.1 Å². The summed E-state index contributed by atoms with van der Waals surface area (Å²) >= 11 is 1.75. The topological polar surface area (TPSA) is 74.2 Å². The molecule has 5 nitrogen and oxygen atoms in total. The predicted molar refractivity (Wildman–Crippen MR) is 81.4 cm³/mol. The van der Waals surface area contributed by atoms with Crippen LogP contribution < -0.4 is 10.5 Å². The van der Waals surface area contributed by atoms with E-state index in [0.717, 1.165) is 16.4 Å². The molecular weight excluding hydrogens is 286 g/mol. The maximum Gasteiger partial charge on any atom is 0.228 e. The van der Waals surface area contributed by atoms with Crippen LogP contribution in [0, 0.1) is 5.92 Å². The number of nitrogens with zero attached hydrogens (tertiary/aromatic N) is 2. The first-order valence-electron chi connectivity index (χ1n) is 7.10. The molecule has 0 saturated carbocycles. The molecule has 0 amide bonds. The highest BCUT2D eigenvalue weighted by Gasteiger charge is 2.26. The van der Waals surface area contributed by atoms with Crippen molar-refractivity contribution in [2.75, 3.05) is 5.75 Å². The average Bonchev–Trinajstić information content (AvgIpc) is 2.95. The highest BCUT2D eigenvalue weighted by atomic mass is 32.2. The van der Waals surface area contributed by atoms with E-state index in [0.29, 0.717) is 24.1 Å². The summed E-state index contributed by atoms with van der Waals surface area (Å²) < 4.78 is 11.2. The summed E-state index contributed by atoms with van der Waals surface area (Å²) in [6.07, 6.45) is 0.430. The molecule has 0 spiro atoms. The van der Waals surface area contributed by atoms with E-state index in [1.165, 1.54) is 0 Å². The SMILES string of the molecule is CC(C)C(N)Cc1nc(C2CSc3ccccc3O2)no1. The molecule has 6 heteroatoms. The highest BCUT2D eigenvalue weighted by molar-refractivity contribution is 7.99. The van der Waals surface area contributed by atoms with Gasteiger partial charge in [-0.3, -0.25) is 0 Å². The first kappa shape index (κ1) is 14.4. The van der Waals surface area contributed by atoms with E-state index in [1.807, 2.05) is 18.2 Å². The van der Waals surface area contributed by atoms with Crippen molar-refractivity contribution in [3.05, 3.63) is 36.0 Å². The van der Waals surface area contributed by atoms with Crippen molar-refractivity contribution < 1.29 is 9.26 Å². The standard InChI is InChI=1S/C15H19N3O2S/c1-9(2)10(16)7-14-17-15(18-20-14)12-8-21-13-6-4-3-5-11(13)19-12/h3-6,9-10,12H,7-8,16H2,1-2H3. The number of hydrogen-bond acceptors (Lipinski definition) is 6. The largest absolute Gasteiger partial charge is 0.480 e. The van der Waals surface area contributed by atoms with Crippen molar-refractivity contribution in [3.63, 3.8) is 0 Å². The van der Waals surface area contributed by atoms with Crippen molar-refractivity contribution in [2.24, 2.45) is 11.7 Å². The zero-order valence-corrected chi connectivity index (χ0v) is 13.0. The fourth-order valence-corrected chi connectivity index (χ4v) is 3.05. The molecule has 2 heterocycles. The molecule has 0 radical (unpaired) electrons. The fourth-order valence-electron chi connectivity index (χ4n) is 2.07. The molecule has 3 rings (SSSR count). The van der Waals surface area contributed by atoms with Gasteiger partial charge in [0.2, 0.25) is 11.7 Å². The molecule has 2 N–H and O–H groups in total. The lowest BCUT2D eigenvalue weighted by Crippen LogP contribution is -2.28. The molecule has 0 fully saturated rings. The third kappa shape index (κ3) is 3.22. The summed E-state index contributed by atoms with van der Waals surface area (Å²) in [7, 11) is 0. The molecule has 1 aromatic carbocycles. The van der Waals surface area contributed by atoms with Gasteiger partial charge in [0.05, 0.1) is 0 Å². The Morgan fingerprint density at radius 2 is 2.19 bits per heavy atom. The lowest BCUT2D eigenvalue weighted by molar-refractivity contribution is 0.205. The lowest BCUT2D eigenvalue weighted by atomic mass is 10.0. The third-order valence-corrected chi connectivity index (χ3v) is 4.66. The molecule has 0 saturated heterocycles. The molecule has 0 bridgehead atoms. The Labute approximate surface area is 128 Å². The van der Waals surface area contributed by atoms with Gasteiger partial charge in [-0.1, -0.05) is 31.1 Å².